The summed E-state index contributed by atoms with van der Waals surface area (Å²) in [6, 6.07) is 9.46. The fourth-order valence-electron chi connectivity index (χ4n) is 4.20. The molecule has 1 aliphatic heterocycles. The van der Waals surface area contributed by atoms with E-state index in [-0.39, 0.29) is 31.5 Å². The van der Waals surface area contributed by atoms with E-state index < -0.39 is 28.9 Å². The molecule has 0 aliphatic carbocycles. The molecule has 1 saturated heterocycles. The van der Waals surface area contributed by atoms with E-state index in [0.29, 0.717) is 34.8 Å². The highest BCUT2D eigenvalue weighted by Crippen LogP contribution is 2.40. The largest absolute Gasteiger partial charge is 0.494 e. The average molecular weight is 565 g/mol. The zero-order valence-corrected chi connectivity index (χ0v) is 24.7. The molecule has 0 spiro atoms. The minimum absolute atomic E-state index is 0.0470. The molecular weight excluding hydrogens is 528 g/mol. The van der Waals surface area contributed by atoms with Crippen LogP contribution in [0.1, 0.15) is 12.7 Å². The highest BCUT2D eigenvalue weighted by atomic mass is 32.2. The maximum Gasteiger partial charge on any atom is 0.246 e. The smallest absolute Gasteiger partial charge is 0.246 e. The number of aliphatic hydroxyl groups is 1. The van der Waals surface area contributed by atoms with Crippen LogP contribution in [0.3, 0.4) is 0 Å². The molecule has 4 rings (SSSR count). The van der Waals surface area contributed by atoms with Crippen LogP contribution >= 0.6 is 0 Å². The quantitative estimate of drug-likeness (QED) is 0.348. The fraction of sp³-hybridized carbons (Fsp3) is 0.520. The molecule has 0 radical (unpaired) electrons. The van der Waals surface area contributed by atoms with E-state index in [0.717, 1.165) is 0 Å². The molecule has 1 atom stereocenters. The van der Waals surface area contributed by atoms with Gasteiger partial charge in [-0.2, -0.15) is 0 Å². The molecule has 11 nitrogen and oxygen atoms in total. The Bertz CT molecular complexity index is 1370. The fourth-order valence-corrected chi connectivity index (χ4v) is 7.02. The number of hydrogen-bond acceptors (Lipinski definition) is 9. The van der Waals surface area contributed by atoms with Crippen molar-refractivity contribution < 1.29 is 32.2 Å². The van der Waals surface area contributed by atoms with Crippen LogP contribution in [0.4, 0.5) is 5.95 Å². The van der Waals surface area contributed by atoms with Crippen LogP contribution in [-0.2, 0) is 14.8 Å². The van der Waals surface area contributed by atoms with Gasteiger partial charge in [0.1, 0.15) is 33.8 Å². The van der Waals surface area contributed by atoms with Crippen molar-refractivity contribution in [2.45, 2.75) is 50.4 Å². The zero-order valence-electron chi connectivity index (χ0n) is 22.9. The van der Waals surface area contributed by atoms with E-state index in [1.54, 1.807) is 34.9 Å². The first kappa shape index (κ1) is 28.1. The molecule has 208 valence electrons. The lowest BCUT2D eigenvalue weighted by atomic mass is 9.99. The van der Waals surface area contributed by atoms with Crippen molar-refractivity contribution >= 4 is 24.0 Å². The number of nitrogens with zero attached hydrogens (tertiary/aromatic N) is 4. The van der Waals surface area contributed by atoms with Crippen molar-refractivity contribution in [1.29, 1.82) is 0 Å². The van der Waals surface area contributed by atoms with Crippen LogP contribution in [0.2, 0.25) is 25.7 Å². The third-order valence-corrected chi connectivity index (χ3v) is 10.8. The molecule has 1 N–H and O–H groups in total. The molecule has 0 saturated carbocycles. The molecule has 38 heavy (non-hydrogen) atoms. The van der Waals surface area contributed by atoms with Gasteiger partial charge >= 0.3 is 0 Å². The van der Waals surface area contributed by atoms with E-state index in [4.69, 9.17) is 18.6 Å². The van der Waals surface area contributed by atoms with Gasteiger partial charge in [0.05, 0.1) is 27.4 Å². The van der Waals surface area contributed by atoms with Gasteiger partial charge in [0, 0.05) is 14.6 Å². The second kappa shape index (κ2) is 10.4. The van der Waals surface area contributed by atoms with Gasteiger partial charge in [-0.15, -0.1) is 10.2 Å². The predicted octanol–water partition coefficient (Wildman–Crippen LogP) is 3.48. The second-order valence-electron chi connectivity index (χ2n) is 10.7. The third kappa shape index (κ3) is 5.20. The summed E-state index contributed by atoms with van der Waals surface area (Å²) in [6.07, 6.45) is 0. The van der Waals surface area contributed by atoms with E-state index in [1.165, 1.54) is 25.4 Å². The monoisotopic (exact) mass is 564 g/mol. The topological polar surface area (TPSA) is 129 Å². The number of hydrogen-bond donors (Lipinski definition) is 1. The number of methoxy groups -OCH3 is 2. The van der Waals surface area contributed by atoms with Crippen LogP contribution in [0.5, 0.6) is 11.5 Å². The number of ether oxygens (including phenoxy) is 3. The van der Waals surface area contributed by atoms with Gasteiger partial charge in [-0.05, 0) is 44.2 Å². The summed E-state index contributed by atoms with van der Waals surface area (Å²) >= 11 is 0. The van der Waals surface area contributed by atoms with Crippen LogP contribution in [0.15, 0.2) is 34.7 Å². The number of benzene rings is 1. The van der Waals surface area contributed by atoms with Gasteiger partial charge in [-0.1, -0.05) is 25.7 Å². The van der Waals surface area contributed by atoms with E-state index in [1.807, 2.05) is 6.92 Å². The van der Waals surface area contributed by atoms with Crippen LogP contribution in [-0.4, -0.2) is 81.2 Å². The van der Waals surface area contributed by atoms with Crippen LogP contribution < -0.4 is 13.8 Å². The Morgan fingerprint density at radius 2 is 1.76 bits per heavy atom. The highest BCUT2D eigenvalue weighted by Gasteiger charge is 2.51. The lowest BCUT2D eigenvalue weighted by molar-refractivity contribution is -0.176. The lowest BCUT2D eigenvalue weighted by Gasteiger charge is -2.42. The van der Waals surface area contributed by atoms with Crippen molar-refractivity contribution in [1.82, 2.24) is 14.8 Å². The molecule has 3 heterocycles. The van der Waals surface area contributed by atoms with Crippen molar-refractivity contribution in [2.75, 3.05) is 38.3 Å². The number of para-hydroxylation sites is 1. The predicted molar refractivity (Wildman–Crippen MR) is 147 cm³/mol. The second-order valence-corrected chi connectivity index (χ2v) is 18.5. The molecule has 1 fully saturated rings. The Balaban J connectivity index is 1.99. The molecule has 13 heteroatoms. The number of aromatic nitrogens is 3. The minimum atomic E-state index is -4.14. The van der Waals surface area contributed by atoms with Crippen molar-refractivity contribution in [3.05, 3.63) is 36.1 Å². The summed E-state index contributed by atoms with van der Waals surface area (Å²) in [5.41, 5.74) is -1.07. The lowest BCUT2D eigenvalue weighted by Crippen LogP contribution is -2.62. The van der Waals surface area contributed by atoms with Crippen LogP contribution in [0.25, 0.3) is 17.3 Å². The molecule has 0 bridgehead atoms. The summed E-state index contributed by atoms with van der Waals surface area (Å²) in [5, 5.41) is 18.6. The van der Waals surface area contributed by atoms with Gasteiger partial charge < -0.3 is 23.7 Å². The third-order valence-electron chi connectivity index (χ3n) is 6.73. The van der Waals surface area contributed by atoms with Crippen molar-refractivity contribution in [3.8, 4) is 28.8 Å². The number of sulfonamides is 1. The van der Waals surface area contributed by atoms with Gasteiger partial charge in [0.15, 0.2) is 5.76 Å². The number of furan rings is 1. The first-order valence-electron chi connectivity index (χ1n) is 12.4. The van der Waals surface area contributed by atoms with Gasteiger partial charge in [0.2, 0.25) is 21.8 Å². The summed E-state index contributed by atoms with van der Waals surface area (Å²) < 4.78 is 53.6. The van der Waals surface area contributed by atoms with E-state index >= 15 is 0 Å². The Kier molecular flexibility index (Phi) is 7.67. The van der Waals surface area contributed by atoms with Gasteiger partial charge in [-0.25, -0.2) is 12.7 Å². The van der Waals surface area contributed by atoms with Gasteiger partial charge in [0.25, 0.3) is 0 Å². The van der Waals surface area contributed by atoms with Gasteiger partial charge in [-0.3, -0.25) is 4.57 Å². The highest BCUT2D eigenvalue weighted by molar-refractivity contribution is 7.93. The van der Waals surface area contributed by atoms with Crippen molar-refractivity contribution in [2.24, 2.45) is 0 Å². The summed E-state index contributed by atoms with van der Waals surface area (Å²) in [7, 11) is -2.81. The Labute approximate surface area is 224 Å². The summed E-state index contributed by atoms with van der Waals surface area (Å²) in [5.74, 6) is 2.24. The molecule has 1 aliphatic rings. The first-order valence-corrected chi connectivity index (χ1v) is 17.6. The van der Waals surface area contributed by atoms with E-state index in [2.05, 4.69) is 29.8 Å². The number of anilines is 1. The Hall–Kier alpha value is -2.87. The maximum atomic E-state index is 14.2. The minimum Gasteiger partial charge on any atom is -0.494 e. The maximum absolute atomic E-state index is 14.2. The molecule has 2 aromatic heterocycles. The van der Waals surface area contributed by atoms with E-state index in [9.17, 15) is 13.5 Å². The first-order chi connectivity index (χ1) is 17.8. The number of aryl methyl sites for hydroxylation is 1. The zero-order chi connectivity index (χ0) is 27.9. The summed E-state index contributed by atoms with van der Waals surface area (Å²) in [4.78, 5) is 0. The average Bonchev–Trinajstić information content (AvgIpc) is 3.46. The molecule has 1 aromatic carbocycles. The molecule has 3 aromatic rings. The Morgan fingerprint density at radius 1 is 1.13 bits per heavy atom. The van der Waals surface area contributed by atoms with Crippen molar-refractivity contribution in [3.63, 3.8) is 0 Å². The normalized spacial score (nSPS) is 16.1. The molecule has 1 unspecified atom stereocenters. The SMILES string of the molecule is COc1cccc(OC)c1-n1c(-c2ccc(C)o2)nnc1N(CC[Si](C)(C)C)S(=O)(=O)C(C)C1(O)COC1. The molecule has 0 amide bonds. The molecular formula is C25H36N4O7SSi. The standard InChI is InChI=1S/C25H36N4O7SSi/c1-17-11-12-21(36-17)23-26-27-24(29(23)22-19(33-3)9-8-10-20(22)34-4)28(13-14-38(5,6)7)37(31,32)18(2)25(30)15-35-16-25/h8-12,18,30H,13-16H2,1-7H3. The summed E-state index contributed by atoms with van der Waals surface area (Å²) in [6.45, 7) is 9.85. The van der Waals surface area contributed by atoms with Crippen LogP contribution in [0, 0.1) is 6.92 Å². The Morgan fingerprint density at radius 3 is 2.24 bits per heavy atom. The number of rotatable bonds is 11.